The molecule has 1 N–H and O–H groups in total. The lowest BCUT2D eigenvalue weighted by Crippen LogP contribution is -2.24. The van der Waals surface area contributed by atoms with E-state index in [9.17, 15) is 14.7 Å². The summed E-state index contributed by atoms with van der Waals surface area (Å²) in [6.07, 6.45) is 1.09. The van der Waals surface area contributed by atoms with Crippen LogP contribution in [0.4, 0.5) is 0 Å². The van der Waals surface area contributed by atoms with Gasteiger partial charge < -0.3 is 13.9 Å². The fraction of sp³-hybridized carbons (Fsp3) is 0.240. The molecule has 174 valence electrons. The summed E-state index contributed by atoms with van der Waals surface area (Å²) in [5, 5.41) is 10.7. The molecule has 0 saturated heterocycles. The summed E-state index contributed by atoms with van der Waals surface area (Å²) in [4.78, 5) is 30.0. The van der Waals surface area contributed by atoms with E-state index in [1.54, 1.807) is 38.4 Å². The lowest BCUT2D eigenvalue weighted by atomic mass is 10.1. The van der Waals surface area contributed by atoms with Crippen molar-refractivity contribution in [3.63, 3.8) is 0 Å². The van der Waals surface area contributed by atoms with Gasteiger partial charge in [-0.1, -0.05) is 12.1 Å². The summed E-state index contributed by atoms with van der Waals surface area (Å²) in [7, 11) is 5.24. The Bertz CT molecular complexity index is 1610. The molecule has 5 aromatic rings. The number of oxazole rings is 2. The first-order chi connectivity index (χ1) is 16.3. The Morgan fingerprint density at radius 3 is 2.24 bits per heavy atom. The van der Waals surface area contributed by atoms with Crippen LogP contribution in [0.2, 0.25) is 0 Å². The van der Waals surface area contributed by atoms with Gasteiger partial charge in [0, 0.05) is 38.9 Å². The zero-order valence-corrected chi connectivity index (χ0v) is 19.1. The highest BCUT2D eigenvalue weighted by Gasteiger charge is 2.15. The smallest absolute Gasteiger partial charge is 0.408 e. The van der Waals surface area contributed by atoms with E-state index in [0.29, 0.717) is 35.3 Å². The molecule has 0 fully saturated rings. The van der Waals surface area contributed by atoms with Crippen LogP contribution in [0.15, 0.2) is 73.2 Å². The zero-order valence-electron chi connectivity index (χ0n) is 19.1. The lowest BCUT2D eigenvalue weighted by molar-refractivity contribution is 0.124. The first-order valence-electron chi connectivity index (χ1n) is 10.8. The molecule has 5 rings (SSSR count). The molecule has 2 aromatic carbocycles. The molecule has 0 aliphatic carbocycles. The third-order valence-electron chi connectivity index (χ3n) is 6.05. The van der Waals surface area contributed by atoms with Crippen LogP contribution in [0.3, 0.4) is 0 Å². The van der Waals surface area contributed by atoms with Gasteiger partial charge in [0.15, 0.2) is 11.2 Å². The van der Waals surface area contributed by atoms with Crippen molar-refractivity contribution in [3.05, 3.63) is 87.0 Å². The van der Waals surface area contributed by atoms with Crippen molar-refractivity contribution < 1.29 is 13.9 Å². The second kappa shape index (κ2) is 8.44. The number of fused-ring (bicyclic) bond motifs is 2. The van der Waals surface area contributed by atoms with Crippen LogP contribution >= 0.6 is 0 Å². The number of benzene rings is 2. The number of aliphatic hydroxyl groups excluding tert-OH is 1. The lowest BCUT2D eigenvalue weighted by Gasteiger charge is -2.21. The second-order valence-corrected chi connectivity index (χ2v) is 8.53. The molecular weight excluding hydrogens is 436 g/mol. The van der Waals surface area contributed by atoms with E-state index >= 15 is 0 Å². The molecule has 0 amide bonds. The maximum atomic E-state index is 11.7. The standard InChI is InChI=1S/C25H24N4O5/c1-27(14-21(30)17-6-9-23-20(11-17)29(3)25(32)34-23)13-15-4-7-18(26-12-15)16-5-8-22-19(10-16)28(2)24(31)33-22/h4-12,21,30H,13-14H2,1-3H3/t21-/m0/s1. The largest absolute Gasteiger partial charge is 0.419 e. The highest BCUT2D eigenvalue weighted by Crippen LogP contribution is 2.23. The highest BCUT2D eigenvalue weighted by molar-refractivity contribution is 5.79. The van der Waals surface area contributed by atoms with Crippen molar-refractivity contribution in [1.82, 2.24) is 19.0 Å². The average molecular weight is 460 g/mol. The minimum Gasteiger partial charge on any atom is -0.408 e. The molecule has 0 aliphatic rings. The van der Waals surface area contributed by atoms with Gasteiger partial charge >= 0.3 is 11.5 Å². The normalized spacial score (nSPS) is 12.7. The summed E-state index contributed by atoms with van der Waals surface area (Å²) < 4.78 is 13.2. The third kappa shape index (κ3) is 3.95. The molecule has 0 spiro atoms. The van der Waals surface area contributed by atoms with E-state index in [0.717, 1.165) is 22.3 Å². The molecule has 34 heavy (non-hydrogen) atoms. The first-order valence-corrected chi connectivity index (χ1v) is 10.8. The van der Waals surface area contributed by atoms with Crippen molar-refractivity contribution in [2.75, 3.05) is 13.6 Å². The summed E-state index contributed by atoms with van der Waals surface area (Å²) in [6.45, 7) is 1.01. The summed E-state index contributed by atoms with van der Waals surface area (Å²) in [6, 6.07) is 14.7. The fourth-order valence-electron chi connectivity index (χ4n) is 4.10. The van der Waals surface area contributed by atoms with E-state index < -0.39 is 17.6 Å². The van der Waals surface area contributed by atoms with Crippen LogP contribution in [0, 0.1) is 0 Å². The molecule has 0 aliphatic heterocycles. The number of nitrogens with zero attached hydrogens (tertiary/aromatic N) is 4. The molecule has 1 atom stereocenters. The van der Waals surface area contributed by atoms with Gasteiger partial charge in [-0.2, -0.15) is 0 Å². The minimum atomic E-state index is -0.722. The summed E-state index contributed by atoms with van der Waals surface area (Å²) in [5.74, 6) is -0.821. The van der Waals surface area contributed by atoms with Crippen molar-refractivity contribution in [3.8, 4) is 11.3 Å². The van der Waals surface area contributed by atoms with Crippen LogP contribution in [0.1, 0.15) is 17.2 Å². The first kappa shape index (κ1) is 21.9. The Balaban J connectivity index is 1.27. The number of hydrogen-bond acceptors (Lipinski definition) is 7. The number of aliphatic hydroxyl groups is 1. The van der Waals surface area contributed by atoms with Crippen LogP contribution in [0.25, 0.3) is 33.5 Å². The Hall–Kier alpha value is -3.95. The van der Waals surface area contributed by atoms with E-state index in [-0.39, 0.29) is 0 Å². The molecule has 3 aromatic heterocycles. The van der Waals surface area contributed by atoms with Gasteiger partial charge in [-0.3, -0.25) is 19.0 Å². The Morgan fingerprint density at radius 2 is 1.59 bits per heavy atom. The number of likely N-dealkylation sites (N-methyl/N-ethyl adjacent to an activating group) is 1. The summed E-state index contributed by atoms with van der Waals surface area (Å²) in [5.41, 5.74) is 5.81. The number of pyridine rings is 1. The second-order valence-electron chi connectivity index (χ2n) is 8.53. The van der Waals surface area contributed by atoms with Crippen molar-refractivity contribution >= 4 is 22.2 Å². The molecule has 3 heterocycles. The Morgan fingerprint density at radius 1 is 0.941 bits per heavy atom. The quantitative estimate of drug-likeness (QED) is 0.415. The number of hydrogen-bond donors (Lipinski definition) is 1. The molecule has 0 unspecified atom stereocenters. The maximum absolute atomic E-state index is 11.7. The van der Waals surface area contributed by atoms with Gasteiger partial charge in [0.1, 0.15) is 0 Å². The summed E-state index contributed by atoms with van der Waals surface area (Å²) >= 11 is 0. The van der Waals surface area contributed by atoms with Crippen LogP contribution in [-0.2, 0) is 20.6 Å². The molecule has 0 radical (unpaired) electrons. The third-order valence-corrected chi connectivity index (χ3v) is 6.05. The molecular formula is C25H24N4O5. The molecule has 9 heteroatoms. The molecule has 0 bridgehead atoms. The molecule has 0 saturated carbocycles. The monoisotopic (exact) mass is 460 g/mol. The van der Waals surface area contributed by atoms with Gasteiger partial charge in [0.05, 0.1) is 22.8 Å². The van der Waals surface area contributed by atoms with E-state index in [1.165, 1.54) is 9.13 Å². The van der Waals surface area contributed by atoms with Crippen LogP contribution < -0.4 is 11.5 Å². The van der Waals surface area contributed by atoms with Crippen molar-refractivity contribution in [2.24, 2.45) is 14.1 Å². The van der Waals surface area contributed by atoms with Gasteiger partial charge in [0.2, 0.25) is 0 Å². The predicted molar refractivity (Wildman–Crippen MR) is 127 cm³/mol. The van der Waals surface area contributed by atoms with Gasteiger partial charge in [-0.25, -0.2) is 9.59 Å². The minimum absolute atomic E-state index is 0.394. The SMILES string of the molecule is CN(Cc1ccc(-c2ccc3oc(=O)n(C)c3c2)nc1)C[C@H](O)c1ccc2oc(=O)n(C)c2c1. The van der Waals surface area contributed by atoms with Crippen molar-refractivity contribution in [2.45, 2.75) is 12.6 Å². The Labute approximate surface area is 194 Å². The highest BCUT2D eigenvalue weighted by atomic mass is 16.4. The Kier molecular flexibility index (Phi) is 5.43. The van der Waals surface area contributed by atoms with Gasteiger partial charge in [0.25, 0.3) is 0 Å². The fourth-order valence-corrected chi connectivity index (χ4v) is 4.10. The average Bonchev–Trinajstić information content (AvgIpc) is 3.28. The maximum Gasteiger partial charge on any atom is 0.419 e. The number of rotatable bonds is 6. The van der Waals surface area contributed by atoms with Crippen LogP contribution in [-0.4, -0.2) is 37.7 Å². The number of aryl methyl sites for hydroxylation is 2. The van der Waals surface area contributed by atoms with E-state index in [4.69, 9.17) is 8.83 Å². The van der Waals surface area contributed by atoms with Crippen LogP contribution in [0.5, 0.6) is 0 Å². The zero-order chi connectivity index (χ0) is 24.0. The van der Waals surface area contributed by atoms with Gasteiger partial charge in [-0.15, -0.1) is 0 Å². The topological polar surface area (TPSA) is 107 Å². The van der Waals surface area contributed by atoms with Gasteiger partial charge in [-0.05, 0) is 54.6 Å². The molecule has 9 nitrogen and oxygen atoms in total. The van der Waals surface area contributed by atoms with E-state index in [2.05, 4.69) is 4.98 Å². The predicted octanol–water partition coefficient (Wildman–Crippen LogP) is 2.80. The number of aromatic nitrogens is 3. The van der Waals surface area contributed by atoms with E-state index in [1.807, 2.05) is 42.4 Å². The van der Waals surface area contributed by atoms with Crippen molar-refractivity contribution in [1.29, 1.82) is 0 Å².